The highest BCUT2D eigenvalue weighted by atomic mass is 32.1. The first-order valence-electron chi connectivity index (χ1n) is 12.6. The number of likely N-dealkylation sites (tertiary alicyclic amines) is 1. The summed E-state index contributed by atoms with van der Waals surface area (Å²) in [5, 5.41) is 2.95. The van der Waals surface area contributed by atoms with Crippen molar-refractivity contribution in [3.05, 3.63) is 29.8 Å². The fraction of sp³-hybridized carbons (Fsp3) is 0.667. The maximum atomic E-state index is 13.4. The predicted molar refractivity (Wildman–Crippen MR) is 158 cm³/mol. The van der Waals surface area contributed by atoms with Crippen molar-refractivity contribution in [3.8, 4) is 0 Å². The fourth-order valence-corrected chi connectivity index (χ4v) is 5.30. The Morgan fingerprint density at radius 3 is 2.19 bits per heavy atom. The number of amides is 2. The maximum absolute atomic E-state index is 13.4. The van der Waals surface area contributed by atoms with Gasteiger partial charge in [-0.15, -0.1) is 0 Å². The van der Waals surface area contributed by atoms with Gasteiger partial charge in [0, 0.05) is 50.0 Å². The van der Waals surface area contributed by atoms with E-state index >= 15 is 0 Å². The first-order chi connectivity index (χ1) is 16.2. The first-order valence-corrected chi connectivity index (χ1v) is 12.6. The number of hydrogen-bond donors (Lipinski definition) is 1. The van der Waals surface area contributed by atoms with Gasteiger partial charge in [-0.1, -0.05) is 21.3 Å². The minimum Gasteiger partial charge on any atom is -0.369 e. The van der Waals surface area contributed by atoms with E-state index in [0.717, 1.165) is 31.9 Å². The number of anilines is 1. The first kappa shape index (κ1) is 33.3. The number of ether oxygens (including phenoxy) is 1. The van der Waals surface area contributed by atoms with Crippen LogP contribution in [0.2, 0.25) is 0 Å². The van der Waals surface area contributed by atoms with E-state index in [9.17, 15) is 14.4 Å². The highest BCUT2D eigenvalue weighted by Gasteiger charge is 2.48. The summed E-state index contributed by atoms with van der Waals surface area (Å²) < 4.78 is 5.52. The van der Waals surface area contributed by atoms with Gasteiger partial charge in [0.25, 0.3) is 5.91 Å². The normalized spacial score (nSPS) is 22.2. The highest BCUT2D eigenvalue weighted by Crippen LogP contribution is 2.28. The SMILES string of the molecule is C.CC(C)C[C@H](NC(=O)c1ccc(N2CCN(C(C)C)CC2)cc1)C(=O)N1CC[C@H]2OCC(=O)[C@H]21.S.S. The topological polar surface area (TPSA) is 82.2 Å². The molecule has 0 radical (unpaired) electrons. The van der Waals surface area contributed by atoms with E-state index in [1.54, 1.807) is 4.90 Å². The van der Waals surface area contributed by atoms with E-state index in [1.165, 1.54) is 0 Å². The van der Waals surface area contributed by atoms with Gasteiger partial charge in [0.2, 0.25) is 5.91 Å². The van der Waals surface area contributed by atoms with Gasteiger partial charge in [0.05, 0.1) is 6.10 Å². The average molecular weight is 555 g/mol. The lowest BCUT2D eigenvalue weighted by molar-refractivity contribution is -0.138. The molecule has 2 amide bonds. The van der Waals surface area contributed by atoms with Crippen molar-refractivity contribution < 1.29 is 19.1 Å². The standard InChI is InChI=1S/C26H38N4O4.CH4.2H2S/c1-17(2)15-21(26(33)30-10-9-23-24(30)22(31)16-34-23)27-25(32)19-5-7-20(8-6-19)29-13-11-28(12-14-29)18(3)4;;;/h5-8,17-18,21,23-24H,9-16H2,1-4H3,(H,27,32);1H4;2*1H2/t21-,23+,24+;;;/m0.../s1. The lowest BCUT2D eigenvalue weighted by Crippen LogP contribution is -2.52. The molecule has 3 saturated heterocycles. The summed E-state index contributed by atoms with van der Waals surface area (Å²) in [5.74, 6) is -0.279. The van der Waals surface area contributed by atoms with Gasteiger partial charge < -0.3 is 19.9 Å². The third-order valence-electron chi connectivity index (χ3n) is 7.24. The Morgan fingerprint density at radius 2 is 1.62 bits per heavy atom. The number of hydrogen-bond acceptors (Lipinski definition) is 6. The van der Waals surface area contributed by atoms with Gasteiger partial charge in [-0.25, -0.2) is 0 Å². The molecule has 0 aliphatic carbocycles. The molecule has 3 heterocycles. The second-order valence-electron chi connectivity index (χ2n) is 10.4. The monoisotopic (exact) mass is 554 g/mol. The van der Waals surface area contributed by atoms with Crippen LogP contribution in [-0.4, -0.2) is 91.0 Å². The van der Waals surface area contributed by atoms with Crippen LogP contribution in [0.25, 0.3) is 0 Å². The number of carbonyl (C=O) groups excluding carboxylic acids is 3. The lowest BCUT2D eigenvalue weighted by Gasteiger charge is -2.38. The van der Waals surface area contributed by atoms with E-state index in [1.807, 2.05) is 38.1 Å². The second kappa shape index (κ2) is 14.4. The van der Waals surface area contributed by atoms with Crippen LogP contribution in [0.4, 0.5) is 5.69 Å². The molecule has 0 bridgehead atoms. The van der Waals surface area contributed by atoms with Crippen molar-refractivity contribution in [1.29, 1.82) is 0 Å². The van der Waals surface area contributed by atoms with E-state index in [0.29, 0.717) is 31.0 Å². The Kier molecular flexibility index (Phi) is 13.0. The van der Waals surface area contributed by atoms with Gasteiger partial charge in [-0.05, 0) is 56.9 Å². The number of benzene rings is 1. The third-order valence-corrected chi connectivity index (χ3v) is 7.24. The Bertz CT molecular complexity index is 904. The highest BCUT2D eigenvalue weighted by molar-refractivity contribution is 7.59. The molecule has 8 nitrogen and oxygen atoms in total. The van der Waals surface area contributed by atoms with Gasteiger partial charge in [-0.2, -0.15) is 27.0 Å². The Hall–Kier alpha value is -1.75. The van der Waals surface area contributed by atoms with Crippen LogP contribution in [0.15, 0.2) is 24.3 Å². The number of piperazine rings is 1. The van der Waals surface area contributed by atoms with Gasteiger partial charge in [-0.3, -0.25) is 19.3 Å². The van der Waals surface area contributed by atoms with Crippen LogP contribution in [0.5, 0.6) is 0 Å². The number of fused-ring (bicyclic) bond motifs is 1. The zero-order valence-corrected chi connectivity index (χ0v) is 23.8. The van der Waals surface area contributed by atoms with Crippen molar-refractivity contribution in [2.75, 3.05) is 44.2 Å². The van der Waals surface area contributed by atoms with E-state index < -0.39 is 12.1 Å². The molecule has 0 saturated carbocycles. The predicted octanol–water partition coefficient (Wildman–Crippen LogP) is 2.79. The number of Topliss-reactive ketones (excluding diaryl/α,β-unsaturated/α-hetero) is 1. The average Bonchev–Trinajstić information content (AvgIpc) is 3.41. The number of nitrogens with one attached hydrogen (secondary N) is 1. The Labute approximate surface area is 236 Å². The smallest absolute Gasteiger partial charge is 0.251 e. The Balaban J connectivity index is 0.00000228. The minimum atomic E-state index is -0.663. The van der Waals surface area contributed by atoms with Crippen LogP contribution in [0, 0.1) is 5.92 Å². The molecular formula is C27H46N4O4S2. The summed E-state index contributed by atoms with van der Waals surface area (Å²) in [6, 6.07) is 7.02. The van der Waals surface area contributed by atoms with Gasteiger partial charge in [0.15, 0.2) is 5.78 Å². The molecule has 0 unspecified atom stereocenters. The zero-order valence-electron chi connectivity index (χ0n) is 21.8. The van der Waals surface area contributed by atoms with E-state index in [4.69, 9.17) is 4.74 Å². The van der Waals surface area contributed by atoms with Crippen LogP contribution >= 0.6 is 27.0 Å². The lowest BCUT2D eigenvalue weighted by atomic mass is 10.0. The third kappa shape index (κ3) is 7.65. The number of carbonyl (C=O) groups is 3. The molecule has 210 valence electrons. The number of nitrogens with zero attached hydrogens (tertiary/aromatic N) is 3. The molecule has 1 N–H and O–H groups in total. The molecule has 0 aromatic heterocycles. The fourth-order valence-electron chi connectivity index (χ4n) is 5.30. The Morgan fingerprint density at radius 1 is 1.00 bits per heavy atom. The summed E-state index contributed by atoms with van der Waals surface area (Å²) in [7, 11) is 0. The van der Waals surface area contributed by atoms with Crippen molar-refractivity contribution in [1.82, 2.24) is 15.1 Å². The number of rotatable bonds is 7. The molecule has 4 rings (SSSR count). The zero-order chi connectivity index (χ0) is 24.4. The number of ketones is 1. The summed E-state index contributed by atoms with van der Waals surface area (Å²) >= 11 is 0. The van der Waals surface area contributed by atoms with E-state index in [-0.39, 0.29) is 70.6 Å². The molecule has 1 aromatic carbocycles. The largest absolute Gasteiger partial charge is 0.369 e. The van der Waals surface area contributed by atoms with Crippen LogP contribution in [-0.2, 0) is 14.3 Å². The van der Waals surface area contributed by atoms with Gasteiger partial charge in [0.1, 0.15) is 18.7 Å². The molecule has 3 atom stereocenters. The molecule has 1 aromatic rings. The molecular weight excluding hydrogens is 508 g/mol. The molecule has 0 spiro atoms. The summed E-state index contributed by atoms with van der Waals surface area (Å²) in [5.41, 5.74) is 1.64. The van der Waals surface area contributed by atoms with Crippen LogP contribution in [0.3, 0.4) is 0 Å². The van der Waals surface area contributed by atoms with E-state index in [2.05, 4.69) is 29.0 Å². The van der Waals surface area contributed by atoms with Crippen LogP contribution < -0.4 is 10.2 Å². The molecule has 3 fully saturated rings. The molecule has 3 aliphatic heterocycles. The van der Waals surface area contributed by atoms with Crippen molar-refractivity contribution in [2.24, 2.45) is 5.92 Å². The minimum absolute atomic E-state index is 0. The summed E-state index contributed by atoms with van der Waals surface area (Å²) in [4.78, 5) is 45.1. The van der Waals surface area contributed by atoms with Gasteiger partial charge >= 0.3 is 0 Å². The molecule has 10 heteroatoms. The maximum Gasteiger partial charge on any atom is 0.251 e. The summed E-state index contributed by atoms with van der Waals surface area (Å²) in [6.07, 6.45) is 0.977. The quantitative estimate of drug-likeness (QED) is 0.558. The van der Waals surface area contributed by atoms with Crippen LogP contribution in [0.1, 0.15) is 58.3 Å². The molecule has 37 heavy (non-hydrogen) atoms. The second-order valence-corrected chi connectivity index (χ2v) is 10.4. The van der Waals surface area contributed by atoms with Crippen molar-refractivity contribution >= 4 is 50.3 Å². The molecule has 3 aliphatic rings. The van der Waals surface area contributed by atoms with Crippen molar-refractivity contribution in [3.63, 3.8) is 0 Å². The summed E-state index contributed by atoms with van der Waals surface area (Å²) in [6.45, 7) is 13.1. The van der Waals surface area contributed by atoms with Crippen molar-refractivity contribution in [2.45, 2.75) is 72.2 Å².